The van der Waals surface area contributed by atoms with Crippen molar-refractivity contribution in [3.8, 4) is 22.8 Å². The minimum atomic E-state index is -0.386. The molecule has 0 fully saturated rings. The molecule has 0 saturated heterocycles. The largest absolute Gasteiger partial charge is 0.495 e. The van der Waals surface area contributed by atoms with Gasteiger partial charge in [0, 0.05) is 30.9 Å². The van der Waals surface area contributed by atoms with Gasteiger partial charge in [-0.05, 0) is 18.2 Å². The Labute approximate surface area is 222 Å². The Morgan fingerprint density at radius 1 is 1.03 bits per heavy atom. The Kier molecular flexibility index (Phi) is 7.75. The van der Waals surface area contributed by atoms with Crippen LogP contribution in [0.4, 0.5) is 29.0 Å². The lowest BCUT2D eigenvalue weighted by atomic mass is 10.1. The zero-order valence-electron chi connectivity index (χ0n) is 20.0. The molecule has 0 aliphatic rings. The topological polar surface area (TPSA) is 128 Å². The molecule has 0 spiro atoms. The molecule has 0 radical (unpaired) electrons. The number of aromatic nitrogens is 5. The van der Waals surface area contributed by atoms with Crippen molar-refractivity contribution in [2.24, 2.45) is 7.05 Å². The number of carbonyl (C=O) groups excluding carboxylic acids is 1. The first-order valence-corrected chi connectivity index (χ1v) is 11.5. The van der Waals surface area contributed by atoms with E-state index in [1.807, 2.05) is 6.07 Å². The summed E-state index contributed by atoms with van der Waals surface area (Å²) in [6.07, 6.45) is 5.74. The fraction of sp³-hybridized carbons (Fsp3) is 0.125. The number of aryl methyl sites for hydroxylation is 1. The Balaban J connectivity index is 1.69. The summed E-state index contributed by atoms with van der Waals surface area (Å²) in [4.78, 5) is 29.1. The standard InChI is InChI=1S/C24H22Cl2N8O3/c1-5-18(35)32-23-24(34(2)12-30-23)31-17-9-14(28-11-29-17)13-7-6-8-27-22(13)33-21-19(25)15(36-3)10-16(37-4)20(21)26/h5-12H,1H2,2-4H3,(H,27,33)(H,32,35)(H,28,29,31). The number of ether oxygens (including phenoxy) is 2. The van der Waals surface area contributed by atoms with Crippen molar-refractivity contribution >= 4 is 58.1 Å². The lowest BCUT2D eigenvalue weighted by Crippen LogP contribution is -2.10. The van der Waals surface area contributed by atoms with Crippen LogP contribution in [0, 0.1) is 0 Å². The Bertz CT molecular complexity index is 1450. The molecule has 3 aromatic heterocycles. The fourth-order valence-electron chi connectivity index (χ4n) is 3.36. The molecule has 1 amide bonds. The molecule has 0 aliphatic heterocycles. The van der Waals surface area contributed by atoms with Crippen LogP contribution in [0.15, 0.2) is 55.8 Å². The summed E-state index contributed by atoms with van der Waals surface area (Å²) in [5, 5.41) is 9.52. The third-order valence-corrected chi connectivity index (χ3v) is 5.93. The summed E-state index contributed by atoms with van der Waals surface area (Å²) >= 11 is 13.1. The molecule has 0 saturated carbocycles. The van der Waals surface area contributed by atoms with Crippen molar-refractivity contribution in [3.63, 3.8) is 0 Å². The number of hydrogen-bond acceptors (Lipinski definition) is 9. The van der Waals surface area contributed by atoms with Crippen LogP contribution in [0.25, 0.3) is 11.3 Å². The zero-order valence-corrected chi connectivity index (χ0v) is 21.6. The number of hydrogen-bond donors (Lipinski definition) is 3. The van der Waals surface area contributed by atoms with Crippen molar-refractivity contribution < 1.29 is 14.3 Å². The first-order chi connectivity index (χ1) is 17.9. The molecule has 3 heterocycles. The third-order valence-electron chi connectivity index (χ3n) is 5.18. The summed E-state index contributed by atoms with van der Waals surface area (Å²) in [5.74, 6) is 2.11. The minimum Gasteiger partial charge on any atom is -0.495 e. The Morgan fingerprint density at radius 2 is 1.76 bits per heavy atom. The summed E-state index contributed by atoms with van der Waals surface area (Å²) in [6, 6.07) is 6.93. The number of carbonyl (C=O) groups is 1. The van der Waals surface area contributed by atoms with Crippen LogP contribution in [-0.2, 0) is 11.8 Å². The van der Waals surface area contributed by atoms with Crippen LogP contribution in [0.2, 0.25) is 10.0 Å². The number of amides is 1. The van der Waals surface area contributed by atoms with E-state index in [9.17, 15) is 4.79 Å². The summed E-state index contributed by atoms with van der Waals surface area (Å²) in [5.41, 5.74) is 1.56. The van der Waals surface area contributed by atoms with E-state index in [1.54, 1.807) is 42.3 Å². The van der Waals surface area contributed by atoms with Gasteiger partial charge < -0.3 is 30.0 Å². The average Bonchev–Trinajstić information content (AvgIpc) is 3.25. The lowest BCUT2D eigenvalue weighted by Gasteiger charge is -2.17. The summed E-state index contributed by atoms with van der Waals surface area (Å²) in [6.45, 7) is 3.46. The van der Waals surface area contributed by atoms with Crippen LogP contribution < -0.4 is 25.4 Å². The zero-order chi connectivity index (χ0) is 26.5. The second-order valence-electron chi connectivity index (χ2n) is 7.47. The van der Waals surface area contributed by atoms with Crippen LogP contribution in [0.5, 0.6) is 11.5 Å². The van der Waals surface area contributed by atoms with Gasteiger partial charge in [-0.15, -0.1) is 0 Å². The molecular formula is C24H22Cl2N8O3. The molecular weight excluding hydrogens is 519 g/mol. The second kappa shape index (κ2) is 11.1. The molecule has 13 heteroatoms. The van der Waals surface area contributed by atoms with Gasteiger partial charge in [0.1, 0.15) is 39.5 Å². The number of anilines is 5. The van der Waals surface area contributed by atoms with Crippen molar-refractivity contribution in [3.05, 3.63) is 65.8 Å². The van der Waals surface area contributed by atoms with Crippen molar-refractivity contribution in [2.75, 3.05) is 30.2 Å². The Hall–Kier alpha value is -4.35. The quantitative estimate of drug-likeness (QED) is 0.245. The highest BCUT2D eigenvalue weighted by Gasteiger charge is 2.20. The number of pyridine rings is 1. The van der Waals surface area contributed by atoms with Crippen molar-refractivity contribution in [2.45, 2.75) is 0 Å². The number of methoxy groups -OCH3 is 2. The minimum absolute atomic E-state index is 0.264. The van der Waals surface area contributed by atoms with Gasteiger partial charge in [-0.3, -0.25) is 4.79 Å². The van der Waals surface area contributed by atoms with Crippen LogP contribution in [-0.4, -0.2) is 44.6 Å². The SMILES string of the molecule is C=CC(=O)Nc1ncn(C)c1Nc1cc(-c2cccnc2Nc2c(Cl)c(OC)cc(OC)c2Cl)ncn1. The smallest absolute Gasteiger partial charge is 0.249 e. The highest BCUT2D eigenvalue weighted by atomic mass is 35.5. The van der Waals surface area contributed by atoms with E-state index >= 15 is 0 Å². The molecule has 0 unspecified atom stereocenters. The van der Waals surface area contributed by atoms with Gasteiger partial charge in [0.2, 0.25) is 5.91 Å². The number of benzene rings is 1. The average molecular weight is 541 g/mol. The van der Waals surface area contributed by atoms with Crippen LogP contribution in [0.1, 0.15) is 0 Å². The van der Waals surface area contributed by atoms with Crippen molar-refractivity contribution in [1.82, 2.24) is 24.5 Å². The number of rotatable bonds is 9. The van der Waals surface area contributed by atoms with E-state index in [0.29, 0.717) is 51.7 Å². The van der Waals surface area contributed by atoms with E-state index in [0.717, 1.165) is 6.08 Å². The molecule has 0 aliphatic carbocycles. The van der Waals surface area contributed by atoms with E-state index in [1.165, 1.54) is 20.5 Å². The summed E-state index contributed by atoms with van der Waals surface area (Å²) in [7, 11) is 4.77. The first kappa shape index (κ1) is 25.7. The van der Waals surface area contributed by atoms with Gasteiger partial charge in [-0.25, -0.2) is 19.9 Å². The number of nitrogens with zero attached hydrogens (tertiary/aromatic N) is 5. The number of nitrogens with one attached hydrogen (secondary N) is 3. The van der Waals surface area contributed by atoms with E-state index in [2.05, 4.69) is 42.5 Å². The molecule has 3 N–H and O–H groups in total. The van der Waals surface area contributed by atoms with E-state index in [4.69, 9.17) is 32.7 Å². The molecule has 4 aromatic rings. The van der Waals surface area contributed by atoms with Gasteiger partial charge in [0.05, 0.1) is 31.9 Å². The van der Waals surface area contributed by atoms with E-state index < -0.39 is 0 Å². The second-order valence-corrected chi connectivity index (χ2v) is 8.22. The predicted octanol–water partition coefficient (Wildman–Crippen LogP) is 5.21. The molecule has 1 aromatic carbocycles. The first-order valence-electron chi connectivity index (χ1n) is 10.7. The molecule has 0 atom stereocenters. The predicted molar refractivity (Wildman–Crippen MR) is 143 cm³/mol. The molecule has 11 nitrogen and oxygen atoms in total. The summed E-state index contributed by atoms with van der Waals surface area (Å²) < 4.78 is 12.4. The van der Waals surface area contributed by atoms with Crippen LogP contribution >= 0.6 is 23.2 Å². The third kappa shape index (κ3) is 5.42. The van der Waals surface area contributed by atoms with Gasteiger partial charge >= 0.3 is 0 Å². The highest BCUT2D eigenvalue weighted by Crippen LogP contribution is 2.45. The number of halogens is 2. The molecule has 37 heavy (non-hydrogen) atoms. The van der Waals surface area contributed by atoms with Crippen molar-refractivity contribution in [1.29, 1.82) is 0 Å². The molecule has 4 rings (SSSR count). The molecule has 0 bridgehead atoms. The Morgan fingerprint density at radius 3 is 2.43 bits per heavy atom. The van der Waals surface area contributed by atoms with Gasteiger partial charge in [-0.1, -0.05) is 29.8 Å². The maximum atomic E-state index is 11.8. The van der Waals surface area contributed by atoms with Crippen LogP contribution in [0.3, 0.4) is 0 Å². The van der Waals surface area contributed by atoms with Gasteiger partial charge in [0.25, 0.3) is 0 Å². The molecule has 190 valence electrons. The van der Waals surface area contributed by atoms with Gasteiger partial charge in [-0.2, -0.15) is 0 Å². The fourth-order valence-corrected chi connectivity index (χ4v) is 3.95. The maximum absolute atomic E-state index is 11.8. The normalized spacial score (nSPS) is 10.5. The lowest BCUT2D eigenvalue weighted by molar-refractivity contribution is -0.111. The monoisotopic (exact) mass is 540 g/mol. The number of imidazole rings is 1. The highest BCUT2D eigenvalue weighted by molar-refractivity contribution is 6.41. The van der Waals surface area contributed by atoms with E-state index in [-0.39, 0.29) is 16.0 Å². The van der Waals surface area contributed by atoms with Gasteiger partial charge in [0.15, 0.2) is 11.6 Å². The maximum Gasteiger partial charge on any atom is 0.249 e.